The molecule has 1 aromatic heterocycles. The first-order chi connectivity index (χ1) is 9.29. The molecule has 0 atom stereocenters. The van der Waals surface area contributed by atoms with E-state index >= 15 is 0 Å². The lowest BCUT2D eigenvalue weighted by Crippen LogP contribution is -2.16. The van der Waals surface area contributed by atoms with Crippen molar-refractivity contribution in [2.24, 2.45) is 0 Å². The van der Waals surface area contributed by atoms with E-state index in [4.69, 9.17) is 4.74 Å². The number of aliphatic hydroxyl groups is 1. The minimum atomic E-state index is -0.210. The van der Waals surface area contributed by atoms with Crippen LogP contribution in [0.2, 0.25) is 0 Å². The van der Waals surface area contributed by atoms with Crippen LogP contribution in [-0.2, 0) is 5.41 Å². The predicted octanol–water partition coefficient (Wildman–Crippen LogP) is 2.18. The van der Waals surface area contributed by atoms with Crippen molar-refractivity contribution < 1.29 is 9.84 Å². The van der Waals surface area contributed by atoms with Gasteiger partial charge in [-0.2, -0.15) is 0 Å². The van der Waals surface area contributed by atoms with Crippen molar-refractivity contribution in [1.82, 2.24) is 9.97 Å². The highest BCUT2D eigenvalue weighted by molar-refractivity contribution is 5.66. The van der Waals surface area contributed by atoms with Crippen LogP contribution in [0.4, 0.5) is 0 Å². The van der Waals surface area contributed by atoms with Gasteiger partial charge in [0.05, 0.1) is 24.8 Å². The molecule has 1 saturated carbocycles. The number of para-hydroxylation sites is 1. The van der Waals surface area contributed by atoms with Crippen LogP contribution in [0.1, 0.15) is 18.7 Å². The second kappa shape index (κ2) is 4.63. The molecule has 2 aromatic rings. The van der Waals surface area contributed by atoms with Crippen LogP contribution in [0.15, 0.2) is 36.5 Å². The zero-order valence-corrected chi connectivity index (χ0v) is 10.8. The van der Waals surface area contributed by atoms with E-state index in [0.29, 0.717) is 0 Å². The van der Waals surface area contributed by atoms with Crippen LogP contribution in [0.25, 0.3) is 11.3 Å². The van der Waals surface area contributed by atoms with Crippen molar-refractivity contribution >= 4 is 0 Å². The molecule has 19 heavy (non-hydrogen) atoms. The Morgan fingerprint density at radius 2 is 2.05 bits per heavy atom. The van der Waals surface area contributed by atoms with Gasteiger partial charge in [-0.3, -0.25) is 0 Å². The van der Waals surface area contributed by atoms with E-state index in [2.05, 4.69) is 9.97 Å². The Kier molecular flexibility index (Phi) is 2.95. The molecule has 1 fully saturated rings. The lowest BCUT2D eigenvalue weighted by Gasteiger charge is -2.12. The summed E-state index contributed by atoms with van der Waals surface area (Å²) in [5.41, 5.74) is 1.57. The zero-order valence-electron chi connectivity index (χ0n) is 10.8. The summed E-state index contributed by atoms with van der Waals surface area (Å²) in [7, 11) is 1.65. The number of aromatic nitrogens is 2. The fraction of sp³-hybridized carbons (Fsp3) is 0.333. The first kappa shape index (κ1) is 12.1. The Morgan fingerprint density at radius 1 is 1.26 bits per heavy atom. The minimum Gasteiger partial charge on any atom is -0.496 e. The van der Waals surface area contributed by atoms with Gasteiger partial charge < -0.3 is 9.84 Å². The van der Waals surface area contributed by atoms with E-state index < -0.39 is 0 Å². The highest BCUT2D eigenvalue weighted by Gasteiger charge is 2.46. The molecule has 0 aliphatic heterocycles. The Labute approximate surface area is 112 Å². The minimum absolute atomic E-state index is 0.113. The van der Waals surface area contributed by atoms with Crippen molar-refractivity contribution in [3.05, 3.63) is 42.4 Å². The molecule has 1 aliphatic carbocycles. The highest BCUT2D eigenvalue weighted by Crippen LogP contribution is 2.46. The summed E-state index contributed by atoms with van der Waals surface area (Å²) in [5.74, 6) is 1.53. The smallest absolute Gasteiger partial charge is 0.137 e. The number of aliphatic hydroxyl groups excluding tert-OH is 1. The van der Waals surface area contributed by atoms with Crippen molar-refractivity contribution in [1.29, 1.82) is 0 Å². The molecule has 1 aromatic carbocycles. The fourth-order valence-electron chi connectivity index (χ4n) is 2.22. The summed E-state index contributed by atoms with van der Waals surface area (Å²) in [4.78, 5) is 8.92. The Hall–Kier alpha value is -1.94. The third kappa shape index (κ3) is 2.08. The molecule has 1 heterocycles. The maximum atomic E-state index is 9.47. The van der Waals surface area contributed by atoms with Gasteiger partial charge in [-0.05, 0) is 31.0 Å². The second-order valence-electron chi connectivity index (χ2n) is 4.90. The van der Waals surface area contributed by atoms with Gasteiger partial charge in [0.25, 0.3) is 0 Å². The van der Waals surface area contributed by atoms with E-state index in [1.807, 2.05) is 30.3 Å². The lowest BCUT2D eigenvalue weighted by atomic mass is 10.1. The van der Waals surface area contributed by atoms with Gasteiger partial charge in [0.2, 0.25) is 0 Å². The molecule has 1 aliphatic rings. The van der Waals surface area contributed by atoms with Crippen molar-refractivity contribution in [2.45, 2.75) is 18.3 Å². The topological polar surface area (TPSA) is 55.2 Å². The number of methoxy groups -OCH3 is 1. The average molecular weight is 256 g/mol. The molecule has 0 unspecified atom stereocenters. The summed E-state index contributed by atoms with van der Waals surface area (Å²) in [5, 5.41) is 9.47. The maximum Gasteiger partial charge on any atom is 0.137 e. The van der Waals surface area contributed by atoms with E-state index in [0.717, 1.165) is 35.7 Å². The first-order valence-electron chi connectivity index (χ1n) is 6.37. The molecule has 0 radical (unpaired) electrons. The lowest BCUT2D eigenvalue weighted by molar-refractivity contribution is 0.250. The summed E-state index contributed by atoms with van der Waals surface area (Å²) >= 11 is 0. The van der Waals surface area contributed by atoms with Gasteiger partial charge in [-0.15, -0.1) is 0 Å². The number of rotatable bonds is 4. The second-order valence-corrected chi connectivity index (χ2v) is 4.90. The fourth-order valence-corrected chi connectivity index (χ4v) is 2.22. The van der Waals surface area contributed by atoms with E-state index in [1.165, 1.54) is 0 Å². The molecule has 0 bridgehead atoms. The van der Waals surface area contributed by atoms with Gasteiger partial charge in [0.1, 0.15) is 11.6 Å². The molecule has 0 amide bonds. The van der Waals surface area contributed by atoms with Crippen LogP contribution < -0.4 is 4.74 Å². The van der Waals surface area contributed by atoms with E-state index in [1.54, 1.807) is 13.3 Å². The molecule has 4 heteroatoms. The van der Waals surface area contributed by atoms with Gasteiger partial charge >= 0.3 is 0 Å². The van der Waals surface area contributed by atoms with Crippen molar-refractivity contribution in [3.8, 4) is 17.0 Å². The number of hydrogen-bond acceptors (Lipinski definition) is 4. The SMILES string of the molecule is COc1ccccc1-c1ccnc(C2(CO)CC2)n1. The summed E-state index contributed by atoms with van der Waals surface area (Å²) in [6, 6.07) is 9.65. The van der Waals surface area contributed by atoms with Gasteiger partial charge in [0, 0.05) is 11.8 Å². The van der Waals surface area contributed by atoms with Crippen LogP contribution in [0, 0.1) is 0 Å². The molecule has 0 saturated heterocycles. The highest BCUT2D eigenvalue weighted by atomic mass is 16.5. The number of benzene rings is 1. The summed E-state index contributed by atoms with van der Waals surface area (Å²) in [6.07, 6.45) is 3.66. The van der Waals surface area contributed by atoms with Crippen molar-refractivity contribution in [3.63, 3.8) is 0 Å². The number of ether oxygens (including phenoxy) is 1. The molecular formula is C15H16N2O2. The van der Waals surface area contributed by atoms with Gasteiger partial charge in [-0.1, -0.05) is 12.1 Å². The average Bonchev–Trinajstić information content (AvgIpc) is 3.28. The number of nitrogens with zero attached hydrogens (tertiary/aromatic N) is 2. The first-order valence-corrected chi connectivity index (χ1v) is 6.37. The van der Waals surface area contributed by atoms with E-state index in [9.17, 15) is 5.11 Å². The molecule has 0 spiro atoms. The van der Waals surface area contributed by atoms with Crippen molar-refractivity contribution in [2.75, 3.05) is 13.7 Å². The molecule has 4 nitrogen and oxygen atoms in total. The predicted molar refractivity (Wildman–Crippen MR) is 72.0 cm³/mol. The molecular weight excluding hydrogens is 240 g/mol. The monoisotopic (exact) mass is 256 g/mol. The maximum absolute atomic E-state index is 9.47. The van der Waals surface area contributed by atoms with Crippen LogP contribution in [0.5, 0.6) is 5.75 Å². The summed E-state index contributed by atoms with van der Waals surface area (Å²) in [6.45, 7) is 0.113. The Balaban J connectivity index is 2.04. The zero-order chi connectivity index (χ0) is 13.3. The normalized spacial score (nSPS) is 16.1. The van der Waals surface area contributed by atoms with Gasteiger partial charge in [0.15, 0.2) is 0 Å². The summed E-state index contributed by atoms with van der Waals surface area (Å²) < 4.78 is 5.36. The van der Waals surface area contributed by atoms with Crippen LogP contribution in [-0.4, -0.2) is 28.8 Å². The molecule has 98 valence electrons. The third-order valence-electron chi connectivity index (χ3n) is 3.67. The Morgan fingerprint density at radius 3 is 2.74 bits per heavy atom. The largest absolute Gasteiger partial charge is 0.496 e. The Bertz CT molecular complexity index is 594. The van der Waals surface area contributed by atoms with Crippen LogP contribution >= 0.6 is 0 Å². The van der Waals surface area contributed by atoms with E-state index in [-0.39, 0.29) is 12.0 Å². The van der Waals surface area contributed by atoms with Crippen LogP contribution in [0.3, 0.4) is 0 Å². The molecule has 3 rings (SSSR count). The number of hydrogen-bond donors (Lipinski definition) is 1. The third-order valence-corrected chi connectivity index (χ3v) is 3.67. The van der Waals surface area contributed by atoms with Gasteiger partial charge in [-0.25, -0.2) is 9.97 Å². The standard InChI is InChI=1S/C15H16N2O2/c1-19-13-5-3-2-4-11(13)12-6-9-16-14(17-12)15(10-18)7-8-15/h2-6,9,18H,7-8,10H2,1H3. The quantitative estimate of drug-likeness (QED) is 0.911. The molecule has 1 N–H and O–H groups in total.